The predicted octanol–water partition coefficient (Wildman–Crippen LogP) is 1.65. The van der Waals surface area contributed by atoms with Crippen LogP contribution in [-0.2, 0) is 9.53 Å². The Morgan fingerprint density at radius 1 is 1.33 bits per heavy atom. The van der Waals surface area contributed by atoms with Gasteiger partial charge in [0.1, 0.15) is 0 Å². The maximum Gasteiger partial charge on any atom is 0.234 e. The normalized spacial score (nSPS) is 17.9. The molecular formula is C14H28N2O2. The minimum Gasteiger partial charge on any atom is -0.385 e. The Kier molecular flexibility index (Phi) is 8.01. The topological polar surface area (TPSA) is 41.6 Å². The molecule has 4 heteroatoms. The van der Waals surface area contributed by atoms with E-state index < -0.39 is 0 Å². The number of nitrogens with zero attached hydrogens (tertiary/aromatic N) is 1. The van der Waals surface area contributed by atoms with E-state index in [1.54, 1.807) is 7.11 Å². The predicted molar refractivity (Wildman–Crippen MR) is 73.6 cm³/mol. The molecule has 1 fully saturated rings. The molecule has 1 N–H and O–H groups in total. The van der Waals surface area contributed by atoms with Gasteiger partial charge in [0.15, 0.2) is 0 Å². The van der Waals surface area contributed by atoms with E-state index in [1.807, 2.05) is 6.92 Å². The molecular weight excluding hydrogens is 228 g/mol. The van der Waals surface area contributed by atoms with E-state index in [0.717, 1.165) is 32.2 Å². The van der Waals surface area contributed by atoms with Gasteiger partial charge in [0.05, 0.1) is 6.54 Å². The number of piperidine rings is 1. The summed E-state index contributed by atoms with van der Waals surface area (Å²) in [6.45, 7) is 6.30. The van der Waals surface area contributed by atoms with Crippen molar-refractivity contribution in [1.82, 2.24) is 10.2 Å². The van der Waals surface area contributed by atoms with E-state index >= 15 is 0 Å². The van der Waals surface area contributed by atoms with Crippen LogP contribution < -0.4 is 5.32 Å². The molecule has 0 saturated carbocycles. The molecule has 1 amide bonds. The van der Waals surface area contributed by atoms with Crippen molar-refractivity contribution in [2.24, 2.45) is 5.92 Å². The number of hydrogen-bond acceptors (Lipinski definition) is 3. The highest BCUT2D eigenvalue weighted by Gasteiger charge is 2.20. The molecule has 0 aliphatic carbocycles. The van der Waals surface area contributed by atoms with Gasteiger partial charge in [-0.1, -0.05) is 12.8 Å². The van der Waals surface area contributed by atoms with Gasteiger partial charge in [-0.15, -0.1) is 0 Å². The lowest BCUT2D eigenvalue weighted by molar-refractivity contribution is -0.122. The maximum atomic E-state index is 11.5. The summed E-state index contributed by atoms with van der Waals surface area (Å²) in [6, 6.07) is 0. The smallest absolute Gasteiger partial charge is 0.234 e. The Hall–Kier alpha value is -0.610. The van der Waals surface area contributed by atoms with Gasteiger partial charge in [-0.05, 0) is 45.2 Å². The zero-order valence-electron chi connectivity index (χ0n) is 11.9. The lowest BCUT2D eigenvalue weighted by Crippen LogP contribution is -2.41. The van der Waals surface area contributed by atoms with Gasteiger partial charge in [0, 0.05) is 20.3 Å². The van der Waals surface area contributed by atoms with Crippen molar-refractivity contribution >= 4 is 5.91 Å². The van der Waals surface area contributed by atoms with E-state index in [2.05, 4.69) is 10.2 Å². The van der Waals surface area contributed by atoms with Crippen molar-refractivity contribution in [3.63, 3.8) is 0 Å². The van der Waals surface area contributed by atoms with Gasteiger partial charge in [-0.2, -0.15) is 0 Å². The summed E-state index contributed by atoms with van der Waals surface area (Å²) in [5.41, 5.74) is 0. The van der Waals surface area contributed by atoms with Crippen LogP contribution in [0.5, 0.6) is 0 Å². The molecule has 18 heavy (non-hydrogen) atoms. The number of amides is 1. The summed E-state index contributed by atoms with van der Waals surface area (Å²) in [4.78, 5) is 13.7. The maximum absolute atomic E-state index is 11.5. The standard InChI is InChI=1S/C14H28N2O2/c1-3-15-14(17)12-16-9-7-13(8-10-16)6-4-5-11-18-2/h13H,3-12H2,1-2H3,(H,15,17). The van der Waals surface area contributed by atoms with Gasteiger partial charge in [0.25, 0.3) is 0 Å². The van der Waals surface area contributed by atoms with Crippen molar-refractivity contribution in [3.8, 4) is 0 Å². The second kappa shape index (κ2) is 9.34. The number of unbranched alkanes of at least 4 members (excludes halogenated alkanes) is 1. The summed E-state index contributed by atoms with van der Waals surface area (Å²) in [5.74, 6) is 1.02. The minimum absolute atomic E-state index is 0.163. The van der Waals surface area contributed by atoms with Crippen LogP contribution in [0.4, 0.5) is 0 Å². The van der Waals surface area contributed by atoms with Crippen molar-refractivity contribution < 1.29 is 9.53 Å². The van der Waals surface area contributed by atoms with Gasteiger partial charge in [-0.25, -0.2) is 0 Å². The molecule has 0 atom stereocenters. The molecule has 106 valence electrons. The highest BCUT2D eigenvalue weighted by atomic mass is 16.5. The Labute approximate surface area is 111 Å². The van der Waals surface area contributed by atoms with Crippen molar-refractivity contribution in [2.45, 2.75) is 39.0 Å². The minimum atomic E-state index is 0.163. The molecule has 1 saturated heterocycles. The molecule has 1 aliphatic rings. The van der Waals surface area contributed by atoms with Crippen LogP contribution in [0.2, 0.25) is 0 Å². The third-order valence-electron chi connectivity index (χ3n) is 3.66. The first-order valence-corrected chi connectivity index (χ1v) is 7.24. The van der Waals surface area contributed by atoms with E-state index in [4.69, 9.17) is 4.74 Å². The number of carbonyl (C=O) groups is 1. The van der Waals surface area contributed by atoms with Crippen molar-refractivity contribution in [3.05, 3.63) is 0 Å². The number of hydrogen-bond donors (Lipinski definition) is 1. The van der Waals surface area contributed by atoms with E-state index in [9.17, 15) is 4.79 Å². The number of ether oxygens (including phenoxy) is 1. The second-order valence-corrected chi connectivity index (χ2v) is 5.16. The average molecular weight is 256 g/mol. The summed E-state index contributed by atoms with van der Waals surface area (Å²) < 4.78 is 5.06. The molecule has 1 aliphatic heterocycles. The molecule has 0 radical (unpaired) electrons. The number of carbonyl (C=O) groups excluding carboxylic acids is 1. The van der Waals surface area contributed by atoms with E-state index in [1.165, 1.54) is 32.1 Å². The Balaban J connectivity index is 2.07. The fourth-order valence-electron chi connectivity index (χ4n) is 2.57. The molecule has 0 bridgehead atoms. The molecule has 1 heterocycles. The van der Waals surface area contributed by atoms with Gasteiger partial charge in [0.2, 0.25) is 5.91 Å². The Bertz CT molecular complexity index is 226. The van der Waals surface area contributed by atoms with E-state index in [0.29, 0.717) is 6.54 Å². The molecule has 0 aromatic heterocycles. The summed E-state index contributed by atoms with van der Waals surface area (Å²) in [7, 11) is 1.76. The second-order valence-electron chi connectivity index (χ2n) is 5.16. The van der Waals surface area contributed by atoms with Crippen LogP contribution >= 0.6 is 0 Å². The molecule has 4 nitrogen and oxygen atoms in total. The number of nitrogens with one attached hydrogen (secondary N) is 1. The Morgan fingerprint density at radius 2 is 2.06 bits per heavy atom. The third-order valence-corrected chi connectivity index (χ3v) is 3.66. The van der Waals surface area contributed by atoms with Gasteiger partial charge in [-0.3, -0.25) is 9.69 Å². The molecule has 0 aromatic carbocycles. The summed E-state index contributed by atoms with van der Waals surface area (Å²) in [6.07, 6.45) is 6.25. The number of likely N-dealkylation sites (N-methyl/N-ethyl adjacent to an activating group) is 1. The number of likely N-dealkylation sites (tertiary alicyclic amines) is 1. The molecule has 0 spiro atoms. The van der Waals surface area contributed by atoms with Crippen LogP contribution in [0.15, 0.2) is 0 Å². The monoisotopic (exact) mass is 256 g/mol. The average Bonchev–Trinajstić information content (AvgIpc) is 2.37. The fraction of sp³-hybridized carbons (Fsp3) is 0.929. The zero-order valence-corrected chi connectivity index (χ0v) is 11.9. The first-order valence-electron chi connectivity index (χ1n) is 7.24. The Morgan fingerprint density at radius 3 is 2.67 bits per heavy atom. The first kappa shape index (κ1) is 15.4. The van der Waals surface area contributed by atoms with Crippen molar-refractivity contribution in [1.29, 1.82) is 0 Å². The molecule has 1 rings (SSSR count). The van der Waals surface area contributed by atoms with Crippen LogP contribution in [0.1, 0.15) is 39.0 Å². The van der Waals surface area contributed by atoms with Gasteiger partial charge < -0.3 is 10.1 Å². The van der Waals surface area contributed by atoms with Crippen molar-refractivity contribution in [2.75, 3.05) is 39.9 Å². The number of rotatable bonds is 8. The highest BCUT2D eigenvalue weighted by molar-refractivity contribution is 5.77. The van der Waals surface area contributed by atoms with Crippen LogP contribution in [0, 0.1) is 5.92 Å². The van der Waals surface area contributed by atoms with Crippen LogP contribution in [0.25, 0.3) is 0 Å². The third kappa shape index (κ3) is 6.36. The quantitative estimate of drug-likeness (QED) is 0.671. The molecule has 0 aromatic rings. The largest absolute Gasteiger partial charge is 0.385 e. The van der Waals surface area contributed by atoms with E-state index in [-0.39, 0.29) is 5.91 Å². The first-order chi connectivity index (χ1) is 8.76. The zero-order chi connectivity index (χ0) is 13.2. The lowest BCUT2D eigenvalue weighted by atomic mass is 9.91. The fourth-order valence-corrected chi connectivity index (χ4v) is 2.57. The van der Waals surface area contributed by atoms with Crippen LogP contribution in [-0.4, -0.2) is 50.7 Å². The SMILES string of the molecule is CCNC(=O)CN1CCC(CCCCOC)CC1. The lowest BCUT2D eigenvalue weighted by Gasteiger charge is -2.31. The highest BCUT2D eigenvalue weighted by Crippen LogP contribution is 2.22. The summed E-state index contributed by atoms with van der Waals surface area (Å²) >= 11 is 0. The molecule has 0 unspecified atom stereocenters. The van der Waals surface area contributed by atoms with Gasteiger partial charge >= 0.3 is 0 Å². The van der Waals surface area contributed by atoms with Crippen LogP contribution in [0.3, 0.4) is 0 Å². The number of methoxy groups -OCH3 is 1. The summed E-state index contributed by atoms with van der Waals surface area (Å²) in [5, 5.41) is 2.86.